The van der Waals surface area contributed by atoms with Crippen molar-refractivity contribution >= 4 is 33.2 Å². The summed E-state index contributed by atoms with van der Waals surface area (Å²) in [6.07, 6.45) is 1.89. The van der Waals surface area contributed by atoms with Crippen LogP contribution in [0, 0.1) is 13.8 Å². The summed E-state index contributed by atoms with van der Waals surface area (Å²) in [5.41, 5.74) is 2.54. The number of nitrogens with one attached hydrogen (secondary N) is 2. The van der Waals surface area contributed by atoms with Crippen LogP contribution < -0.4 is 10.0 Å². The molecule has 2 aromatic carbocycles. The Hall–Kier alpha value is -2.09. The number of carbonyl (C=O) groups is 1. The second-order valence-electron chi connectivity index (χ2n) is 6.97. The van der Waals surface area contributed by atoms with E-state index in [2.05, 4.69) is 10.0 Å². The Bertz CT molecular complexity index is 965. The third kappa shape index (κ3) is 5.04. The van der Waals surface area contributed by atoms with Gasteiger partial charge in [-0.05, 0) is 68.1 Å². The van der Waals surface area contributed by atoms with Crippen LogP contribution >= 0.6 is 11.6 Å². The zero-order valence-corrected chi connectivity index (χ0v) is 17.4. The fraction of sp³-hybridized carbons (Fsp3) is 0.350. The smallest absolute Gasteiger partial charge is 0.263 e. The molecule has 28 heavy (non-hydrogen) atoms. The first-order chi connectivity index (χ1) is 13.2. The molecule has 1 atom stereocenters. The summed E-state index contributed by atoms with van der Waals surface area (Å²) in [5.74, 6) is -0.366. The maximum Gasteiger partial charge on any atom is 0.263 e. The molecule has 0 bridgehead atoms. The molecule has 1 aliphatic heterocycles. The first-order valence-corrected chi connectivity index (χ1v) is 10.9. The molecule has 0 radical (unpaired) electrons. The first kappa shape index (κ1) is 20.6. The van der Waals surface area contributed by atoms with Crippen molar-refractivity contribution < 1.29 is 17.9 Å². The number of aryl methyl sites for hydroxylation is 2. The van der Waals surface area contributed by atoms with Crippen molar-refractivity contribution in [2.45, 2.75) is 37.7 Å². The zero-order chi connectivity index (χ0) is 20.3. The minimum Gasteiger partial charge on any atom is -0.376 e. The number of hydrogen-bond donors (Lipinski definition) is 2. The Morgan fingerprint density at radius 1 is 1.18 bits per heavy atom. The van der Waals surface area contributed by atoms with E-state index in [1.54, 1.807) is 12.1 Å². The van der Waals surface area contributed by atoms with Crippen LogP contribution in [0.15, 0.2) is 41.3 Å². The molecule has 8 heteroatoms. The van der Waals surface area contributed by atoms with E-state index in [1.165, 1.54) is 18.2 Å². The van der Waals surface area contributed by atoms with Gasteiger partial charge in [-0.2, -0.15) is 0 Å². The third-order valence-corrected chi connectivity index (χ3v) is 6.33. The van der Waals surface area contributed by atoms with Gasteiger partial charge < -0.3 is 10.1 Å². The number of amides is 1. The summed E-state index contributed by atoms with van der Waals surface area (Å²) >= 11 is 6.12. The number of anilines is 1. The minimum atomic E-state index is -3.95. The van der Waals surface area contributed by atoms with Crippen LogP contribution in [0.3, 0.4) is 0 Å². The average Bonchev–Trinajstić information content (AvgIpc) is 3.12. The fourth-order valence-electron chi connectivity index (χ4n) is 3.21. The van der Waals surface area contributed by atoms with E-state index in [9.17, 15) is 13.2 Å². The van der Waals surface area contributed by atoms with Gasteiger partial charge in [-0.25, -0.2) is 8.42 Å². The summed E-state index contributed by atoms with van der Waals surface area (Å²) in [5, 5.41) is 2.83. The summed E-state index contributed by atoms with van der Waals surface area (Å²) in [6.45, 7) is 4.87. The molecule has 1 unspecified atom stereocenters. The number of ether oxygens (including phenoxy) is 1. The summed E-state index contributed by atoms with van der Waals surface area (Å²) in [4.78, 5) is 12.3. The highest BCUT2D eigenvalue weighted by atomic mass is 35.5. The van der Waals surface area contributed by atoms with Gasteiger partial charge in [0.05, 0.1) is 11.1 Å². The van der Waals surface area contributed by atoms with Crippen LogP contribution in [-0.2, 0) is 14.8 Å². The minimum absolute atomic E-state index is 0.00526. The molecule has 1 aliphatic rings. The molecule has 1 heterocycles. The van der Waals surface area contributed by atoms with Crippen LogP contribution in [0.25, 0.3) is 0 Å². The molecule has 150 valence electrons. The molecule has 1 fully saturated rings. The number of rotatable bonds is 6. The molecule has 6 nitrogen and oxygen atoms in total. The van der Waals surface area contributed by atoms with Gasteiger partial charge in [0.1, 0.15) is 4.90 Å². The standard InChI is InChI=1S/C20H23ClN2O4S/c1-13-8-14(2)10-16(9-13)23-28(25,26)19-11-15(5-6-18(19)21)20(24)22-12-17-4-3-7-27-17/h5-6,8-11,17,23H,3-4,7,12H2,1-2H3,(H,22,24). The van der Waals surface area contributed by atoms with Crippen molar-refractivity contribution in [1.82, 2.24) is 5.32 Å². The van der Waals surface area contributed by atoms with Crippen molar-refractivity contribution in [3.8, 4) is 0 Å². The molecule has 0 spiro atoms. The van der Waals surface area contributed by atoms with Gasteiger partial charge >= 0.3 is 0 Å². The Kier molecular flexibility index (Phi) is 6.27. The van der Waals surface area contributed by atoms with Crippen molar-refractivity contribution in [1.29, 1.82) is 0 Å². The number of carbonyl (C=O) groups excluding carboxylic acids is 1. The lowest BCUT2D eigenvalue weighted by Crippen LogP contribution is -2.31. The molecule has 2 N–H and O–H groups in total. The molecule has 0 aromatic heterocycles. The third-order valence-electron chi connectivity index (χ3n) is 4.47. The Labute approximate surface area is 170 Å². The van der Waals surface area contributed by atoms with Gasteiger partial charge in [0.2, 0.25) is 0 Å². The lowest BCUT2D eigenvalue weighted by molar-refractivity contribution is 0.0857. The molecular weight excluding hydrogens is 400 g/mol. The SMILES string of the molecule is Cc1cc(C)cc(NS(=O)(=O)c2cc(C(=O)NCC3CCCO3)ccc2Cl)c1. The van der Waals surface area contributed by atoms with Crippen molar-refractivity contribution in [2.24, 2.45) is 0 Å². The highest BCUT2D eigenvalue weighted by molar-refractivity contribution is 7.92. The number of hydrogen-bond acceptors (Lipinski definition) is 4. The van der Waals surface area contributed by atoms with E-state index in [1.807, 2.05) is 19.9 Å². The predicted molar refractivity (Wildman–Crippen MR) is 109 cm³/mol. The molecule has 3 rings (SSSR count). The van der Waals surface area contributed by atoms with E-state index in [4.69, 9.17) is 16.3 Å². The Morgan fingerprint density at radius 2 is 1.89 bits per heavy atom. The second-order valence-corrected chi connectivity index (χ2v) is 9.03. The molecule has 1 amide bonds. The normalized spacial score (nSPS) is 16.8. The molecule has 0 saturated carbocycles. The summed E-state index contributed by atoms with van der Waals surface area (Å²) in [6, 6.07) is 9.62. The molecule has 2 aromatic rings. The van der Waals surface area contributed by atoms with Gasteiger partial charge in [0.25, 0.3) is 15.9 Å². The highest BCUT2D eigenvalue weighted by Crippen LogP contribution is 2.26. The second kappa shape index (κ2) is 8.51. The maximum atomic E-state index is 12.8. The molecule has 0 aliphatic carbocycles. The van der Waals surface area contributed by atoms with Gasteiger partial charge in [-0.3, -0.25) is 9.52 Å². The summed E-state index contributed by atoms with van der Waals surface area (Å²) < 4.78 is 33.7. The molecular formula is C20H23ClN2O4S. The van der Waals surface area contributed by atoms with Crippen LogP contribution in [0.1, 0.15) is 34.3 Å². The van der Waals surface area contributed by atoms with Crippen LogP contribution in [0.5, 0.6) is 0 Å². The number of benzene rings is 2. The predicted octanol–water partition coefficient (Wildman–Crippen LogP) is 3.67. The topological polar surface area (TPSA) is 84.5 Å². The van der Waals surface area contributed by atoms with Crippen LogP contribution in [0.2, 0.25) is 5.02 Å². The van der Waals surface area contributed by atoms with Gasteiger partial charge in [0.15, 0.2) is 0 Å². The van der Waals surface area contributed by atoms with E-state index >= 15 is 0 Å². The van der Waals surface area contributed by atoms with E-state index in [-0.39, 0.29) is 27.5 Å². The monoisotopic (exact) mass is 422 g/mol. The Balaban J connectivity index is 1.80. The maximum absolute atomic E-state index is 12.8. The fourth-order valence-corrected chi connectivity index (χ4v) is 4.78. The zero-order valence-electron chi connectivity index (χ0n) is 15.8. The van der Waals surface area contributed by atoms with Crippen molar-refractivity contribution in [3.63, 3.8) is 0 Å². The van der Waals surface area contributed by atoms with Gasteiger partial charge in [0, 0.05) is 24.4 Å². The van der Waals surface area contributed by atoms with E-state index in [0.29, 0.717) is 18.8 Å². The van der Waals surface area contributed by atoms with E-state index < -0.39 is 10.0 Å². The lowest BCUT2D eigenvalue weighted by atomic mass is 10.1. The number of halogens is 1. The van der Waals surface area contributed by atoms with E-state index in [0.717, 1.165) is 24.0 Å². The van der Waals surface area contributed by atoms with Crippen LogP contribution in [0.4, 0.5) is 5.69 Å². The van der Waals surface area contributed by atoms with Crippen molar-refractivity contribution in [3.05, 3.63) is 58.1 Å². The summed E-state index contributed by atoms with van der Waals surface area (Å²) in [7, 11) is -3.95. The first-order valence-electron chi connectivity index (χ1n) is 9.05. The average molecular weight is 423 g/mol. The molecule has 1 saturated heterocycles. The largest absolute Gasteiger partial charge is 0.376 e. The quantitative estimate of drug-likeness (QED) is 0.743. The van der Waals surface area contributed by atoms with Crippen LogP contribution in [-0.4, -0.2) is 33.6 Å². The lowest BCUT2D eigenvalue weighted by Gasteiger charge is -2.13. The van der Waals surface area contributed by atoms with Gasteiger partial charge in [-0.1, -0.05) is 17.7 Å². The Morgan fingerprint density at radius 3 is 2.54 bits per heavy atom. The van der Waals surface area contributed by atoms with Crippen molar-refractivity contribution in [2.75, 3.05) is 17.9 Å². The van der Waals surface area contributed by atoms with Gasteiger partial charge in [-0.15, -0.1) is 0 Å². The highest BCUT2D eigenvalue weighted by Gasteiger charge is 2.22. The number of sulfonamides is 1.